The van der Waals surface area contributed by atoms with Gasteiger partial charge in [0.2, 0.25) is 0 Å². The smallest absolute Gasteiger partial charge is 0.0403 e. The van der Waals surface area contributed by atoms with Crippen LogP contribution in [0.4, 0.5) is 0 Å². The molecule has 1 aromatic carbocycles. The highest BCUT2D eigenvalue weighted by Gasteiger charge is 2.25. The Bertz CT molecular complexity index is 462. The third-order valence-electron chi connectivity index (χ3n) is 5.41. The molecule has 0 amide bonds. The Morgan fingerprint density at radius 1 is 0.800 bits per heavy atom. The van der Waals surface area contributed by atoms with Crippen molar-refractivity contribution in [3.8, 4) is 0 Å². The van der Waals surface area contributed by atoms with Gasteiger partial charge in [0, 0.05) is 4.83 Å². The van der Waals surface area contributed by atoms with Gasteiger partial charge in [-0.25, -0.2) is 0 Å². The van der Waals surface area contributed by atoms with E-state index in [1.54, 1.807) is 0 Å². The number of rotatable bonds is 3. The fraction of sp³-hybridized carbons (Fsp3) is 0.684. The molecule has 2 atom stereocenters. The van der Waals surface area contributed by atoms with Crippen LogP contribution in [0.1, 0.15) is 72.3 Å². The molecule has 1 rings (SSSR count). The maximum absolute atomic E-state index is 3.97. The Labute approximate surface area is 134 Å². The molecule has 0 bridgehead atoms. The van der Waals surface area contributed by atoms with Crippen molar-refractivity contribution in [3.63, 3.8) is 0 Å². The summed E-state index contributed by atoms with van der Waals surface area (Å²) in [7, 11) is 0. The van der Waals surface area contributed by atoms with E-state index in [1.165, 1.54) is 39.8 Å². The zero-order valence-electron chi connectivity index (χ0n) is 14.7. The standard InChI is InChI=1S/C19H31Br/c1-11(19(7,8)9)10-17(20)18-15(5)13(3)12(2)14(4)16(18)6/h11,17H,10H2,1-9H3. The van der Waals surface area contributed by atoms with E-state index in [-0.39, 0.29) is 0 Å². The monoisotopic (exact) mass is 338 g/mol. The van der Waals surface area contributed by atoms with E-state index in [2.05, 4.69) is 78.2 Å². The molecule has 114 valence electrons. The van der Waals surface area contributed by atoms with Gasteiger partial charge in [-0.05, 0) is 85.8 Å². The lowest BCUT2D eigenvalue weighted by molar-refractivity contribution is 0.246. The van der Waals surface area contributed by atoms with E-state index in [4.69, 9.17) is 0 Å². The van der Waals surface area contributed by atoms with Crippen molar-refractivity contribution in [2.75, 3.05) is 0 Å². The zero-order chi connectivity index (χ0) is 15.8. The molecule has 0 aliphatic heterocycles. The Kier molecular flexibility index (Phi) is 5.52. The van der Waals surface area contributed by atoms with Crippen molar-refractivity contribution >= 4 is 15.9 Å². The quantitative estimate of drug-likeness (QED) is 0.535. The molecule has 1 heteroatoms. The maximum atomic E-state index is 3.97. The van der Waals surface area contributed by atoms with Gasteiger partial charge in [-0.2, -0.15) is 0 Å². The summed E-state index contributed by atoms with van der Waals surface area (Å²) in [5.41, 5.74) is 9.17. The average molecular weight is 339 g/mol. The van der Waals surface area contributed by atoms with Crippen LogP contribution in [-0.4, -0.2) is 0 Å². The molecule has 1 aromatic rings. The number of halogens is 1. The molecule has 0 aliphatic rings. The van der Waals surface area contributed by atoms with Crippen molar-refractivity contribution in [2.45, 2.75) is 73.6 Å². The van der Waals surface area contributed by atoms with Crippen molar-refractivity contribution in [3.05, 3.63) is 33.4 Å². The summed E-state index contributed by atoms with van der Waals surface area (Å²) in [5.74, 6) is 0.688. The van der Waals surface area contributed by atoms with Crippen LogP contribution in [0.15, 0.2) is 0 Å². The normalized spacial score (nSPS) is 15.3. The molecule has 0 N–H and O–H groups in total. The lowest BCUT2D eigenvalue weighted by Gasteiger charge is -2.31. The molecular formula is C19H31Br. The second-order valence-corrected chi connectivity index (χ2v) is 8.61. The van der Waals surface area contributed by atoms with Crippen molar-refractivity contribution in [1.29, 1.82) is 0 Å². The number of hydrogen-bond donors (Lipinski definition) is 0. The Balaban J connectivity index is 3.21. The van der Waals surface area contributed by atoms with Crippen LogP contribution in [0.2, 0.25) is 0 Å². The van der Waals surface area contributed by atoms with Gasteiger partial charge in [0.05, 0.1) is 0 Å². The van der Waals surface area contributed by atoms with Crippen molar-refractivity contribution < 1.29 is 0 Å². The minimum Gasteiger partial charge on any atom is -0.0838 e. The van der Waals surface area contributed by atoms with Gasteiger partial charge in [-0.1, -0.05) is 43.6 Å². The second kappa shape index (κ2) is 6.22. The molecule has 20 heavy (non-hydrogen) atoms. The predicted octanol–water partition coefficient (Wildman–Crippen LogP) is 6.74. The molecule has 0 radical (unpaired) electrons. The summed E-state index contributed by atoms with van der Waals surface area (Å²) in [6, 6.07) is 0. The van der Waals surface area contributed by atoms with Crippen molar-refractivity contribution in [1.82, 2.24) is 0 Å². The largest absolute Gasteiger partial charge is 0.0838 e. The van der Waals surface area contributed by atoms with E-state index < -0.39 is 0 Å². The summed E-state index contributed by atoms with van der Waals surface area (Å²) >= 11 is 3.97. The minimum absolute atomic E-state index is 0.364. The summed E-state index contributed by atoms with van der Waals surface area (Å²) in [5, 5.41) is 0. The van der Waals surface area contributed by atoms with Crippen LogP contribution in [-0.2, 0) is 0 Å². The van der Waals surface area contributed by atoms with Crippen LogP contribution in [0, 0.1) is 46.0 Å². The third-order valence-corrected chi connectivity index (χ3v) is 6.24. The van der Waals surface area contributed by atoms with Gasteiger partial charge in [0.15, 0.2) is 0 Å². The van der Waals surface area contributed by atoms with Gasteiger partial charge >= 0.3 is 0 Å². The first kappa shape index (κ1) is 17.8. The van der Waals surface area contributed by atoms with Gasteiger partial charge in [0.25, 0.3) is 0 Å². The molecule has 0 fully saturated rings. The SMILES string of the molecule is Cc1c(C)c(C)c(C(Br)CC(C)C(C)(C)C)c(C)c1C. The topological polar surface area (TPSA) is 0 Å². The lowest BCUT2D eigenvalue weighted by atomic mass is 9.77. The highest BCUT2D eigenvalue weighted by atomic mass is 79.9. The summed E-state index contributed by atoms with van der Waals surface area (Å²) < 4.78 is 0. The Morgan fingerprint density at radius 2 is 1.15 bits per heavy atom. The number of alkyl halides is 1. The fourth-order valence-electron chi connectivity index (χ4n) is 2.78. The first-order valence-electron chi connectivity index (χ1n) is 7.69. The Hall–Kier alpha value is -0.300. The molecule has 0 aromatic heterocycles. The van der Waals surface area contributed by atoms with Gasteiger partial charge in [0.1, 0.15) is 0 Å². The maximum Gasteiger partial charge on any atom is 0.0403 e. The summed E-state index contributed by atoms with van der Waals surface area (Å²) in [6.07, 6.45) is 1.19. The van der Waals surface area contributed by atoms with Crippen molar-refractivity contribution in [2.24, 2.45) is 11.3 Å². The molecule has 2 unspecified atom stereocenters. The summed E-state index contributed by atoms with van der Waals surface area (Å²) in [6.45, 7) is 20.7. The Morgan fingerprint density at radius 3 is 1.50 bits per heavy atom. The van der Waals surface area contributed by atoms with Gasteiger partial charge in [-0.3, -0.25) is 0 Å². The molecule has 0 spiro atoms. The first-order chi connectivity index (χ1) is 8.98. The molecule has 0 aliphatic carbocycles. The molecule has 0 saturated carbocycles. The van der Waals surface area contributed by atoms with E-state index in [9.17, 15) is 0 Å². The van der Waals surface area contributed by atoms with Gasteiger partial charge < -0.3 is 0 Å². The fourth-order valence-corrected chi connectivity index (χ4v) is 4.03. The van der Waals surface area contributed by atoms with E-state index in [0.29, 0.717) is 16.2 Å². The highest BCUT2D eigenvalue weighted by molar-refractivity contribution is 9.09. The highest BCUT2D eigenvalue weighted by Crippen LogP contribution is 2.41. The minimum atomic E-state index is 0.364. The summed E-state index contributed by atoms with van der Waals surface area (Å²) in [4.78, 5) is 0.453. The van der Waals surface area contributed by atoms with Crippen LogP contribution in [0.25, 0.3) is 0 Å². The zero-order valence-corrected chi connectivity index (χ0v) is 16.3. The van der Waals surface area contributed by atoms with Crippen LogP contribution in [0.3, 0.4) is 0 Å². The third kappa shape index (κ3) is 3.47. The van der Waals surface area contributed by atoms with Gasteiger partial charge in [-0.15, -0.1) is 0 Å². The van der Waals surface area contributed by atoms with E-state index in [1.807, 2.05) is 0 Å². The van der Waals surface area contributed by atoms with E-state index in [0.717, 1.165) is 0 Å². The second-order valence-electron chi connectivity index (χ2n) is 7.51. The first-order valence-corrected chi connectivity index (χ1v) is 8.61. The molecule has 0 nitrogen and oxygen atoms in total. The predicted molar refractivity (Wildman–Crippen MR) is 95.0 cm³/mol. The number of benzene rings is 1. The molecular weight excluding hydrogens is 308 g/mol. The molecule has 0 heterocycles. The van der Waals surface area contributed by atoms with Crippen LogP contribution in [0.5, 0.6) is 0 Å². The average Bonchev–Trinajstić information content (AvgIpc) is 2.33. The van der Waals surface area contributed by atoms with Crippen LogP contribution < -0.4 is 0 Å². The lowest BCUT2D eigenvalue weighted by Crippen LogP contribution is -2.19. The van der Waals surface area contributed by atoms with Crippen LogP contribution >= 0.6 is 15.9 Å². The molecule has 0 saturated heterocycles. The van der Waals surface area contributed by atoms with E-state index >= 15 is 0 Å². The number of hydrogen-bond acceptors (Lipinski definition) is 0.